The van der Waals surface area contributed by atoms with Crippen LogP contribution in [0.2, 0.25) is 10.0 Å². The lowest BCUT2D eigenvalue weighted by Gasteiger charge is -2.25. The maximum Gasteiger partial charge on any atom is 0.161 e. The van der Waals surface area contributed by atoms with Crippen LogP contribution in [0.3, 0.4) is 0 Å². The van der Waals surface area contributed by atoms with E-state index < -0.39 is 0 Å². The van der Waals surface area contributed by atoms with E-state index in [2.05, 4.69) is 16.8 Å². The molecule has 1 saturated heterocycles. The quantitative estimate of drug-likeness (QED) is 0.494. The van der Waals surface area contributed by atoms with Crippen LogP contribution < -0.4 is 0 Å². The molecule has 0 amide bonds. The zero-order valence-electron chi connectivity index (χ0n) is 15.0. The van der Waals surface area contributed by atoms with E-state index in [0.717, 1.165) is 28.7 Å². The van der Waals surface area contributed by atoms with Crippen molar-refractivity contribution in [2.45, 2.75) is 24.3 Å². The van der Waals surface area contributed by atoms with Gasteiger partial charge in [0, 0.05) is 23.6 Å². The SMILES string of the molecule is C[C@@H]1CN2C(=N[C@@H](c3ccccn3)[C@@H]2c2ccc(-c3cccc(Cl)c3Cl)o2)S1. The second kappa shape index (κ2) is 7.14. The minimum absolute atomic E-state index is 0.0194. The first kappa shape index (κ1) is 18.1. The molecule has 3 atom stereocenters. The second-order valence-corrected chi connectivity index (χ2v) is 9.13. The average molecular weight is 430 g/mol. The third-order valence-electron chi connectivity index (χ3n) is 5.02. The molecule has 0 unspecified atom stereocenters. The Hall–Kier alpha value is -1.95. The fourth-order valence-corrected chi connectivity index (χ4v) is 5.26. The number of pyridine rings is 1. The highest BCUT2D eigenvalue weighted by Gasteiger charge is 2.45. The first-order chi connectivity index (χ1) is 13.6. The fourth-order valence-electron chi connectivity index (χ4n) is 3.78. The second-order valence-electron chi connectivity index (χ2n) is 6.94. The summed E-state index contributed by atoms with van der Waals surface area (Å²) in [6.07, 6.45) is 1.81. The molecular weight excluding hydrogens is 413 g/mol. The molecule has 0 saturated carbocycles. The van der Waals surface area contributed by atoms with Gasteiger partial charge in [0.15, 0.2) is 5.17 Å². The molecule has 0 aliphatic carbocycles. The molecule has 28 heavy (non-hydrogen) atoms. The van der Waals surface area contributed by atoms with Crippen LogP contribution in [-0.2, 0) is 0 Å². The number of thioether (sulfide) groups is 1. The summed E-state index contributed by atoms with van der Waals surface area (Å²) in [4.78, 5) is 11.9. The molecule has 0 N–H and O–H groups in total. The maximum absolute atomic E-state index is 6.39. The topological polar surface area (TPSA) is 41.6 Å². The van der Waals surface area contributed by atoms with E-state index >= 15 is 0 Å². The van der Waals surface area contributed by atoms with Crippen molar-refractivity contribution in [1.29, 1.82) is 0 Å². The molecular formula is C21H17Cl2N3OS. The Labute approximate surface area is 177 Å². The van der Waals surface area contributed by atoms with Crippen LogP contribution in [0.25, 0.3) is 11.3 Å². The first-order valence-corrected chi connectivity index (χ1v) is 10.7. The van der Waals surface area contributed by atoms with E-state index in [9.17, 15) is 0 Å². The van der Waals surface area contributed by atoms with Crippen LogP contribution in [0.15, 0.2) is 64.1 Å². The summed E-state index contributed by atoms with van der Waals surface area (Å²) in [6, 6.07) is 15.4. The third kappa shape index (κ3) is 3.02. The lowest BCUT2D eigenvalue weighted by atomic mass is 10.0. The van der Waals surface area contributed by atoms with Gasteiger partial charge in [-0.25, -0.2) is 4.99 Å². The average Bonchev–Trinajstić information content (AvgIpc) is 3.38. The highest BCUT2D eigenvalue weighted by Crippen LogP contribution is 2.48. The zero-order valence-corrected chi connectivity index (χ0v) is 17.4. The van der Waals surface area contributed by atoms with E-state index in [1.165, 1.54) is 0 Å². The Bertz CT molecular complexity index is 1050. The van der Waals surface area contributed by atoms with E-state index in [0.29, 0.717) is 21.1 Å². The number of hydrogen-bond acceptors (Lipinski definition) is 5. The van der Waals surface area contributed by atoms with Gasteiger partial charge in [0.05, 0.1) is 15.7 Å². The van der Waals surface area contributed by atoms with Crippen LogP contribution in [0.1, 0.15) is 30.5 Å². The molecule has 2 aromatic heterocycles. The van der Waals surface area contributed by atoms with Crippen molar-refractivity contribution in [3.05, 3.63) is 76.2 Å². The van der Waals surface area contributed by atoms with E-state index in [1.807, 2.05) is 60.4 Å². The summed E-state index contributed by atoms with van der Waals surface area (Å²) in [7, 11) is 0. The van der Waals surface area contributed by atoms with Gasteiger partial charge in [0.2, 0.25) is 0 Å². The number of hydrogen-bond donors (Lipinski definition) is 0. The number of aliphatic imine (C=N–C) groups is 1. The number of nitrogens with zero attached hydrogens (tertiary/aromatic N) is 3. The van der Waals surface area contributed by atoms with Crippen molar-refractivity contribution >= 4 is 40.1 Å². The minimum atomic E-state index is -0.0926. The molecule has 2 aliphatic heterocycles. The summed E-state index contributed by atoms with van der Waals surface area (Å²) < 4.78 is 6.29. The standard InChI is InChI=1S/C21H17Cl2N3OS/c1-12-11-26-20(19(25-21(26)28-12)15-7-2-3-10-24-15)17-9-8-16(27-17)13-5-4-6-14(22)18(13)23/h2-10,12,19-20H,11H2,1H3/t12-,19+,20+/m1/s1. The first-order valence-electron chi connectivity index (χ1n) is 9.08. The van der Waals surface area contributed by atoms with E-state index in [1.54, 1.807) is 6.07 Å². The number of fused-ring (bicyclic) bond motifs is 1. The van der Waals surface area contributed by atoms with Gasteiger partial charge < -0.3 is 9.32 Å². The van der Waals surface area contributed by atoms with E-state index in [4.69, 9.17) is 32.6 Å². The van der Waals surface area contributed by atoms with Crippen molar-refractivity contribution in [3.8, 4) is 11.3 Å². The van der Waals surface area contributed by atoms with Gasteiger partial charge in [0.25, 0.3) is 0 Å². The maximum atomic E-state index is 6.39. The largest absolute Gasteiger partial charge is 0.459 e. The molecule has 4 nitrogen and oxygen atoms in total. The fraction of sp³-hybridized carbons (Fsp3) is 0.238. The zero-order chi connectivity index (χ0) is 19.3. The van der Waals surface area contributed by atoms with Crippen LogP contribution in [0.5, 0.6) is 0 Å². The van der Waals surface area contributed by atoms with Crippen molar-refractivity contribution in [3.63, 3.8) is 0 Å². The molecule has 0 radical (unpaired) electrons. The van der Waals surface area contributed by atoms with Crippen LogP contribution in [0.4, 0.5) is 0 Å². The highest BCUT2D eigenvalue weighted by atomic mass is 35.5. The summed E-state index contributed by atoms with van der Waals surface area (Å²) >= 11 is 14.4. The molecule has 4 heterocycles. The summed E-state index contributed by atoms with van der Waals surface area (Å²) in [5.41, 5.74) is 1.74. The summed E-state index contributed by atoms with van der Waals surface area (Å²) in [6.45, 7) is 3.16. The predicted octanol–water partition coefficient (Wildman–Crippen LogP) is 6.24. The van der Waals surface area contributed by atoms with Gasteiger partial charge in [0.1, 0.15) is 23.6 Å². The van der Waals surface area contributed by atoms with Gasteiger partial charge >= 0.3 is 0 Å². The van der Waals surface area contributed by atoms with Gasteiger partial charge in [-0.15, -0.1) is 0 Å². The number of amidine groups is 1. The van der Waals surface area contributed by atoms with Gasteiger partial charge in [-0.05, 0) is 36.4 Å². The number of benzene rings is 1. The van der Waals surface area contributed by atoms with Crippen molar-refractivity contribution in [1.82, 2.24) is 9.88 Å². The van der Waals surface area contributed by atoms with Gasteiger partial charge in [-0.2, -0.15) is 0 Å². The van der Waals surface area contributed by atoms with Crippen LogP contribution >= 0.6 is 35.0 Å². The summed E-state index contributed by atoms with van der Waals surface area (Å²) in [5.74, 6) is 1.56. The Morgan fingerprint density at radius 2 is 2.00 bits per heavy atom. The smallest absolute Gasteiger partial charge is 0.161 e. The Balaban J connectivity index is 1.55. The molecule has 2 aliphatic rings. The molecule has 5 rings (SSSR count). The predicted molar refractivity (Wildman–Crippen MR) is 115 cm³/mol. The molecule has 0 bridgehead atoms. The lowest BCUT2D eigenvalue weighted by Crippen LogP contribution is -2.28. The van der Waals surface area contributed by atoms with Crippen molar-refractivity contribution in [2.75, 3.05) is 6.54 Å². The number of furan rings is 1. The van der Waals surface area contributed by atoms with Crippen molar-refractivity contribution < 1.29 is 4.42 Å². The summed E-state index contributed by atoms with van der Waals surface area (Å²) in [5, 5.41) is 2.58. The Morgan fingerprint density at radius 1 is 1.11 bits per heavy atom. The molecule has 1 fully saturated rings. The third-order valence-corrected chi connectivity index (χ3v) is 6.94. The number of aromatic nitrogens is 1. The van der Waals surface area contributed by atoms with Crippen molar-refractivity contribution in [2.24, 2.45) is 4.99 Å². The van der Waals surface area contributed by atoms with Crippen LogP contribution in [-0.4, -0.2) is 26.8 Å². The molecule has 0 spiro atoms. The molecule has 1 aromatic carbocycles. The van der Waals surface area contributed by atoms with Crippen LogP contribution in [0, 0.1) is 0 Å². The minimum Gasteiger partial charge on any atom is -0.459 e. The van der Waals surface area contributed by atoms with Gasteiger partial charge in [-0.3, -0.25) is 4.98 Å². The van der Waals surface area contributed by atoms with E-state index in [-0.39, 0.29) is 12.1 Å². The Morgan fingerprint density at radius 3 is 2.82 bits per heavy atom. The Kier molecular flexibility index (Phi) is 4.62. The lowest BCUT2D eigenvalue weighted by molar-refractivity contribution is 0.277. The monoisotopic (exact) mass is 429 g/mol. The number of halogens is 2. The van der Waals surface area contributed by atoms with Gasteiger partial charge in [-0.1, -0.05) is 54.0 Å². The molecule has 3 aromatic rings. The number of rotatable bonds is 3. The highest BCUT2D eigenvalue weighted by molar-refractivity contribution is 8.14. The molecule has 7 heteroatoms. The molecule has 142 valence electrons. The normalized spacial score (nSPS) is 23.8.